The lowest BCUT2D eigenvalue weighted by molar-refractivity contribution is -0.112. The molecule has 3 rings (SSSR count). The van der Waals surface area contributed by atoms with Crippen molar-refractivity contribution in [1.29, 1.82) is 5.26 Å². The molecule has 0 saturated carbocycles. The predicted molar refractivity (Wildman–Crippen MR) is 122 cm³/mol. The van der Waals surface area contributed by atoms with Gasteiger partial charge in [-0.25, -0.2) is 9.18 Å². The molecule has 0 aromatic heterocycles. The van der Waals surface area contributed by atoms with Crippen LogP contribution in [0.25, 0.3) is 6.08 Å². The Morgan fingerprint density at radius 2 is 1.85 bits per heavy atom. The fourth-order valence-electron chi connectivity index (χ4n) is 2.84. The molecule has 0 radical (unpaired) electrons. The van der Waals surface area contributed by atoms with Gasteiger partial charge in [0.1, 0.15) is 29.8 Å². The zero-order valence-electron chi connectivity index (χ0n) is 17.5. The highest BCUT2D eigenvalue weighted by molar-refractivity contribution is 6.30. The summed E-state index contributed by atoms with van der Waals surface area (Å²) in [5.74, 6) is -1.25. The fraction of sp³-hybridized carbons (Fsp3) is 0.0800. The summed E-state index contributed by atoms with van der Waals surface area (Å²) in [6, 6.07) is 18.8. The minimum atomic E-state index is -0.664. The normalized spacial score (nSPS) is 10.8. The van der Waals surface area contributed by atoms with E-state index in [2.05, 4.69) is 10.1 Å². The zero-order chi connectivity index (χ0) is 23.8. The SMILES string of the molecule is COC(=O)c1ccc(NC(=O)/C(C#N)=C/c2cc(Cl)ccc2OCc2ccccc2F)cc1. The number of benzene rings is 3. The van der Waals surface area contributed by atoms with Crippen LogP contribution in [0, 0.1) is 17.1 Å². The Balaban J connectivity index is 1.80. The van der Waals surface area contributed by atoms with Crippen molar-refractivity contribution in [3.63, 3.8) is 0 Å². The number of nitrogens with zero attached hydrogens (tertiary/aromatic N) is 1. The van der Waals surface area contributed by atoms with E-state index < -0.39 is 17.7 Å². The lowest BCUT2D eigenvalue weighted by Crippen LogP contribution is -2.13. The molecule has 1 amide bonds. The minimum absolute atomic E-state index is 0.0459. The summed E-state index contributed by atoms with van der Waals surface area (Å²) in [6.07, 6.45) is 1.33. The van der Waals surface area contributed by atoms with Crippen LogP contribution in [0.1, 0.15) is 21.5 Å². The summed E-state index contributed by atoms with van der Waals surface area (Å²) in [4.78, 5) is 24.1. The first-order chi connectivity index (χ1) is 15.9. The largest absolute Gasteiger partial charge is 0.488 e. The minimum Gasteiger partial charge on any atom is -0.488 e. The molecule has 0 unspecified atom stereocenters. The molecule has 0 saturated heterocycles. The van der Waals surface area contributed by atoms with Crippen molar-refractivity contribution in [2.75, 3.05) is 12.4 Å². The number of nitriles is 1. The Hall–Kier alpha value is -4.15. The number of esters is 1. The topological polar surface area (TPSA) is 88.4 Å². The molecule has 0 heterocycles. The monoisotopic (exact) mass is 464 g/mol. The number of carbonyl (C=O) groups excluding carboxylic acids is 2. The third-order valence-electron chi connectivity index (χ3n) is 4.54. The number of anilines is 1. The van der Waals surface area contributed by atoms with Crippen LogP contribution < -0.4 is 10.1 Å². The quantitative estimate of drug-likeness (QED) is 0.287. The molecule has 0 bridgehead atoms. The van der Waals surface area contributed by atoms with Crippen LogP contribution in [-0.2, 0) is 16.1 Å². The average molecular weight is 465 g/mol. The maximum Gasteiger partial charge on any atom is 0.337 e. The number of halogens is 2. The molecule has 0 atom stereocenters. The van der Waals surface area contributed by atoms with Gasteiger partial charge in [0.2, 0.25) is 0 Å². The molecule has 0 aliphatic carbocycles. The maximum atomic E-state index is 13.9. The van der Waals surface area contributed by atoms with Crippen molar-refractivity contribution in [3.05, 3.63) is 99.8 Å². The van der Waals surface area contributed by atoms with Crippen molar-refractivity contribution < 1.29 is 23.5 Å². The Morgan fingerprint density at radius 1 is 1.12 bits per heavy atom. The van der Waals surface area contributed by atoms with Crippen molar-refractivity contribution in [3.8, 4) is 11.8 Å². The third-order valence-corrected chi connectivity index (χ3v) is 4.78. The molecule has 0 aliphatic rings. The number of methoxy groups -OCH3 is 1. The first-order valence-electron chi connectivity index (χ1n) is 9.68. The number of hydrogen-bond acceptors (Lipinski definition) is 5. The van der Waals surface area contributed by atoms with Gasteiger partial charge in [0.15, 0.2) is 0 Å². The Kier molecular flexibility index (Phi) is 7.79. The van der Waals surface area contributed by atoms with Gasteiger partial charge in [0.05, 0.1) is 12.7 Å². The maximum absolute atomic E-state index is 13.9. The molecular weight excluding hydrogens is 447 g/mol. The number of hydrogen-bond donors (Lipinski definition) is 1. The first-order valence-corrected chi connectivity index (χ1v) is 10.1. The van der Waals surface area contributed by atoms with Gasteiger partial charge in [-0.15, -0.1) is 0 Å². The molecule has 3 aromatic rings. The van der Waals surface area contributed by atoms with E-state index in [0.717, 1.165) is 0 Å². The fourth-order valence-corrected chi connectivity index (χ4v) is 3.03. The van der Waals surface area contributed by atoms with E-state index in [9.17, 15) is 19.2 Å². The Morgan fingerprint density at radius 3 is 2.52 bits per heavy atom. The highest BCUT2D eigenvalue weighted by Crippen LogP contribution is 2.27. The molecule has 3 aromatic carbocycles. The second-order valence-electron chi connectivity index (χ2n) is 6.76. The van der Waals surface area contributed by atoms with Gasteiger partial charge in [0.25, 0.3) is 5.91 Å². The molecule has 0 aliphatic heterocycles. The Labute approximate surface area is 194 Å². The van der Waals surface area contributed by atoms with Gasteiger partial charge in [0, 0.05) is 21.8 Å². The molecule has 0 fully saturated rings. The number of amides is 1. The van der Waals surface area contributed by atoms with E-state index in [1.54, 1.807) is 30.3 Å². The van der Waals surface area contributed by atoms with Crippen LogP contribution in [0.2, 0.25) is 5.02 Å². The summed E-state index contributed by atoms with van der Waals surface area (Å²) in [5.41, 5.74) is 1.24. The van der Waals surface area contributed by atoms with Crippen LogP contribution in [-0.4, -0.2) is 19.0 Å². The first kappa shape index (κ1) is 23.5. The van der Waals surface area contributed by atoms with Crippen LogP contribution in [0.4, 0.5) is 10.1 Å². The second kappa shape index (κ2) is 10.9. The van der Waals surface area contributed by atoms with Gasteiger partial charge in [-0.1, -0.05) is 29.8 Å². The summed E-state index contributed by atoms with van der Waals surface area (Å²) in [7, 11) is 1.27. The van der Waals surface area contributed by atoms with Gasteiger partial charge in [-0.3, -0.25) is 4.79 Å². The number of rotatable bonds is 7. The van der Waals surface area contributed by atoms with Gasteiger partial charge in [-0.2, -0.15) is 5.26 Å². The second-order valence-corrected chi connectivity index (χ2v) is 7.19. The van der Waals surface area contributed by atoms with E-state index in [1.807, 2.05) is 6.07 Å². The Bertz CT molecular complexity index is 1250. The van der Waals surface area contributed by atoms with Crippen molar-refractivity contribution >= 4 is 35.2 Å². The smallest absolute Gasteiger partial charge is 0.337 e. The third kappa shape index (κ3) is 6.19. The average Bonchev–Trinajstić information content (AvgIpc) is 2.82. The van der Waals surface area contributed by atoms with Gasteiger partial charge in [-0.05, 0) is 54.6 Å². The highest BCUT2D eigenvalue weighted by Gasteiger charge is 2.13. The molecule has 0 spiro atoms. The number of carbonyl (C=O) groups is 2. The predicted octanol–water partition coefficient (Wildman–Crippen LogP) is 5.39. The molecule has 6 nitrogen and oxygen atoms in total. The van der Waals surface area contributed by atoms with Crippen LogP contribution in [0.3, 0.4) is 0 Å². The molecule has 33 heavy (non-hydrogen) atoms. The van der Waals surface area contributed by atoms with Gasteiger partial charge < -0.3 is 14.8 Å². The molecule has 166 valence electrons. The van der Waals surface area contributed by atoms with E-state index >= 15 is 0 Å². The van der Waals surface area contributed by atoms with Gasteiger partial charge >= 0.3 is 5.97 Å². The van der Waals surface area contributed by atoms with E-state index in [0.29, 0.717) is 33.1 Å². The zero-order valence-corrected chi connectivity index (χ0v) is 18.2. The summed E-state index contributed by atoms with van der Waals surface area (Å²) < 4.78 is 24.2. The van der Waals surface area contributed by atoms with E-state index in [-0.39, 0.29) is 12.2 Å². The van der Waals surface area contributed by atoms with Crippen LogP contribution >= 0.6 is 11.6 Å². The highest BCUT2D eigenvalue weighted by atomic mass is 35.5. The summed E-state index contributed by atoms with van der Waals surface area (Å²) >= 11 is 6.08. The number of nitrogens with one attached hydrogen (secondary N) is 1. The summed E-state index contributed by atoms with van der Waals surface area (Å²) in [6.45, 7) is -0.0459. The van der Waals surface area contributed by atoms with Crippen molar-refractivity contribution in [2.24, 2.45) is 0 Å². The standard InChI is InChI=1S/C25H18ClFN2O4/c1-32-25(31)16-6-9-21(10-7-16)29-24(30)19(14-28)12-18-13-20(26)8-11-23(18)33-15-17-4-2-3-5-22(17)27/h2-13H,15H2,1H3,(H,29,30)/b19-12+. The summed E-state index contributed by atoms with van der Waals surface area (Å²) in [5, 5.41) is 12.5. The lowest BCUT2D eigenvalue weighted by atomic mass is 10.1. The molecule has 1 N–H and O–H groups in total. The molecular formula is C25H18ClFN2O4. The lowest BCUT2D eigenvalue weighted by Gasteiger charge is -2.11. The van der Waals surface area contributed by atoms with E-state index in [4.69, 9.17) is 16.3 Å². The van der Waals surface area contributed by atoms with Crippen LogP contribution in [0.15, 0.2) is 72.3 Å². The van der Waals surface area contributed by atoms with Crippen molar-refractivity contribution in [2.45, 2.75) is 6.61 Å². The number of ether oxygens (including phenoxy) is 2. The molecule has 8 heteroatoms. The van der Waals surface area contributed by atoms with E-state index in [1.165, 1.54) is 49.6 Å². The van der Waals surface area contributed by atoms with Crippen LogP contribution in [0.5, 0.6) is 5.75 Å². The van der Waals surface area contributed by atoms with Crippen molar-refractivity contribution in [1.82, 2.24) is 0 Å².